The van der Waals surface area contributed by atoms with Gasteiger partial charge in [0.2, 0.25) is 0 Å². The van der Waals surface area contributed by atoms with Gasteiger partial charge in [-0.25, -0.2) is 0 Å². The van der Waals surface area contributed by atoms with Gasteiger partial charge in [-0.05, 0) is 60.7 Å². The molecule has 2 aromatic carbocycles. The number of hydrogen-bond acceptors (Lipinski definition) is 2. The van der Waals surface area contributed by atoms with Crippen LogP contribution in [0.25, 0.3) is 0 Å². The molecule has 0 saturated heterocycles. The van der Waals surface area contributed by atoms with Crippen molar-refractivity contribution in [3.8, 4) is 0 Å². The second kappa shape index (κ2) is 6.65. The van der Waals surface area contributed by atoms with Crippen molar-refractivity contribution in [2.45, 2.75) is 27.2 Å². The average molecular weight is 296 g/mol. The van der Waals surface area contributed by atoms with E-state index in [1.54, 1.807) is 24.1 Å². The molecule has 0 heterocycles. The number of amides is 1. The fourth-order valence-corrected chi connectivity index (χ4v) is 2.45. The first-order chi connectivity index (χ1) is 10.4. The summed E-state index contributed by atoms with van der Waals surface area (Å²) < 4.78 is 0. The Morgan fingerprint density at radius 1 is 1.14 bits per heavy atom. The summed E-state index contributed by atoms with van der Waals surface area (Å²) in [5, 5.41) is 0. The molecule has 1 amide bonds. The Morgan fingerprint density at radius 3 is 2.32 bits per heavy atom. The number of rotatable bonds is 4. The molecule has 2 aromatic rings. The van der Waals surface area contributed by atoms with Crippen LogP contribution in [0.15, 0.2) is 42.5 Å². The summed E-state index contributed by atoms with van der Waals surface area (Å²) in [5.41, 5.74) is 10.3. The van der Waals surface area contributed by atoms with Crippen molar-refractivity contribution in [1.29, 1.82) is 0 Å². The normalized spacial score (nSPS) is 10.8. The maximum atomic E-state index is 12.6. The first kappa shape index (κ1) is 16.1. The predicted molar refractivity (Wildman–Crippen MR) is 93.3 cm³/mol. The summed E-state index contributed by atoms with van der Waals surface area (Å²) in [5.74, 6) is 0.600. The van der Waals surface area contributed by atoms with Crippen LogP contribution in [-0.4, -0.2) is 13.0 Å². The summed E-state index contributed by atoms with van der Waals surface area (Å²) in [6, 6.07) is 13.6. The largest absolute Gasteiger partial charge is 0.399 e. The smallest absolute Gasteiger partial charge is 0.258 e. The van der Waals surface area contributed by atoms with E-state index in [1.807, 2.05) is 25.1 Å². The molecule has 2 rings (SSSR count). The first-order valence-corrected chi connectivity index (χ1v) is 7.61. The Balaban J connectivity index is 2.17. The summed E-state index contributed by atoms with van der Waals surface area (Å²) in [6.07, 6.45) is 1.05. The van der Waals surface area contributed by atoms with Gasteiger partial charge in [0.25, 0.3) is 5.91 Å². The number of nitrogens with zero attached hydrogens (tertiary/aromatic N) is 1. The van der Waals surface area contributed by atoms with Gasteiger partial charge >= 0.3 is 0 Å². The fourth-order valence-electron chi connectivity index (χ4n) is 2.45. The Labute approximate surface area is 132 Å². The molecule has 116 valence electrons. The molecule has 22 heavy (non-hydrogen) atoms. The minimum atomic E-state index is -0.0280. The molecule has 0 atom stereocenters. The van der Waals surface area contributed by atoms with Gasteiger partial charge in [0.1, 0.15) is 0 Å². The van der Waals surface area contributed by atoms with Crippen LogP contribution in [0, 0.1) is 12.8 Å². The zero-order valence-corrected chi connectivity index (χ0v) is 13.8. The molecule has 0 aliphatic carbocycles. The van der Waals surface area contributed by atoms with Crippen LogP contribution in [0.1, 0.15) is 35.3 Å². The molecule has 0 aromatic heterocycles. The van der Waals surface area contributed by atoms with Crippen molar-refractivity contribution >= 4 is 17.3 Å². The van der Waals surface area contributed by atoms with Crippen LogP contribution >= 0.6 is 0 Å². The number of nitrogens with two attached hydrogens (primary N) is 1. The van der Waals surface area contributed by atoms with Gasteiger partial charge in [-0.15, -0.1) is 0 Å². The predicted octanol–water partition coefficient (Wildman–Crippen LogP) is 4.05. The SMILES string of the molecule is Cc1cc(C(=O)N(C)c2ccc(CC(C)C)cc2)ccc1N. The molecular formula is C19H24N2O. The monoisotopic (exact) mass is 296 g/mol. The lowest BCUT2D eigenvalue weighted by Gasteiger charge is -2.18. The highest BCUT2D eigenvalue weighted by atomic mass is 16.2. The van der Waals surface area contributed by atoms with E-state index in [0.29, 0.717) is 17.2 Å². The van der Waals surface area contributed by atoms with Gasteiger partial charge in [0.05, 0.1) is 0 Å². The summed E-state index contributed by atoms with van der Waals surface area (Å²) >= 11 is 0. The summed E-state index contributed by atoms with van der Waals surface area (Å²) in [6.45, 7) is 6.31. The first-order valence-electron chi connectivity index (χ1n) is 7.61. The fraction of sp³-hybridized carbons (Fsp3) is 0.316. The molecular weight excluding hydrogens is 272 g/mol. The quantitative estimate of drug-likeness (QED) is 0.865. The average Bonchev–Trinajstić information content (AvgIpc) is 2.49. The van der Waals surface area contributed by atoms with Crippen molar-refractivity contribution in [3.63, 3.8) is 0 Å². The van der Waals surface area contributed by atoms with Crippen molar-refractivity contribution in [1.82, 2.24) is 0 Å². The second-order valence-corrected chi connectivity index (χ2v) is 6.20. The van der Waals surface area contributed by atoms with Crippen molar-refractivity contribution in [2.75, 3.05) is 17.7 Å². The van der Waals surface area contributed by atoms with E-state index in [9.17, 15) is 4.79 Å². The van der Waals surface area contributed by atoms with Gasteiger partial charge in [0, 0.05) is 24.0 Å². The number of nitrogen functional groups attached to an aromatic ring is 1. The van der Waals surface area contributed by atoms with E-state index in [1.165, 1.54) is 5.56 Å². The zero-order chi connectivity index (χ0) is 16.3. The number of hydrogen-bond donors (Lipinski definition) is 1. The van der Waals surface area contributed by atoms with Crippen LogP contribution in [-0.2, 0) is 6.42 Å². The van der Waals surface area contributed by atoms with Crippen LogP contribution < -0.4 is 10.6 Å². The van der Waals surface area contributed by atoms with E-state index < -0.39 is 0 Å². The third-order valence-corrected chi connectivity index (χ3v) is 3.79. The highest BCUT2D eigenvalue weighted by molar-refractivity contribution is 6.06. The lowest BCUT2D eigenvalue weighted by Crippen LogP contribution is -2.26. The van der Waals surface area contributed by atoms with Gasteiger partial charge in [-0.1, -0.05) is 26.0 Å². The molecule has 2 N–H and O–H groups in total. The van der Waals surface area contributed by atoms with Gasteiger partial charge in [0.15, 0.2) is 0 Å². The van der Waals surface area contributed by atoms with E-state index >= 15 is 0 Å². The number of anilines is 2. The van der Waals surface area contributed by atoms with Gasteiger partial charge in [-0.2, -0.15) is 0 Å². The van der Waals surface area contributed by atoms with E-state index in [2.05, 4.69) is 26.0 Å². The Bertz CT molecular complexity index is 660. The molecule has 0 spiro atoms. The second-order valence-electron chi connectivity index (χ2n) is 6.20. The Morgan fingerprint density at radius 2 is 1.77 bits per heavy atom. The van der Waals surface area contributed by atoms with Gasteiger partial charge < -0.3 is 10.6 Å². The molecule has 0 aliphatic rings. The third-order valence-electron chi connectivity index (χ3n) is 3.79. The minimum Gasteiger partial charge on any atom is -0.399 e. The molecule has 0 bridgehead atoms. The number of carbonyl (C=O) groups is 1. The van der Waals surface area contributed by atoms with E-state index in [-0.39, 0.29) is 5.91 Å². The molecule has 0 saturated carbocycles. The van der Waals surface area contributed by atoms with Crippen LogP contribution in [0.3, 0.4) is 0 Å². The lowest BCUT2D eigenvalue weighted by molar-refractivity contribution is 0.0993. The summed E-state index contributed by atoms with van der Waals surface area (Å²) in [7, 11) is 1.80. The van der Waals surface area contributed by atoms with Crippen LogP contribution in [0.2, 0.25) is 0 Å². The maximum Gasteiger partial charge on any atom is 0.258 e. The molecule has 3 nitrogen and oxygen atoms in total. The Kier molecular flexibility index (Phi) is 4.86. The number of benzene rings is 2. The lowest BCUT2D eigenvalue weighted by atomic mass is 10.0. The molecule has 0 unspecified atom stereocenters. The van der Waals surface area contributed by atoms with Crippen molar-refractivity contribution in [3.05, 3.63) is 59.2 Å². The molecule has 3 heteroatoms. The highest BCUT2D eigenvalue weighted by Crippen LogP contribution is 2.20. The van der Waals surface area contributed by atoms with Crippen molar-refractivity contribution < 1.29 is 4.79 Å². The van der Waals surface area contributed by atoms with Crippen LogP contribution in [0.5, 0.6) is 0 Å². The standard InChI is InChI=1S/C19H24N2O/c1-13(2)11-15-5-8-17(9-6-15)21(4)19(22)16-7-10-18(20)14(3)12-16/h5-10,12-13H,11,20H2,1-4H3. The Hall–Kier alpha value is -2.29. The van der Waals surface area contributed by atoms with Crippen molar-refractivity contribution in [2.24, 2.45) is 5.92 Å². The van der Waals surface area contributed by atoms with Gasteiger partial charge in [-0.3, -0.25) is 4.79 Å². The topological polar surface area (TPSA) is 46.3 Å². The molecule has 0 aliphatic heterocycles. The third kappa shape index (κ3) is 3.67. The van der Waals surface area contributed by atoms with E-state index in [0.717, 1.165) is 17.7 Å². The number of carbonyl (C=O) groups excluding carboxylic acids is 1. The summed E-state index contributed by atoms with van der Waals surface area (Å²) in [4.78, 5) is 14.2. The highest BCUT2D eigenvalue weighted by Gasteiger charge is 2.14. The maximum absolute atomic E-state index is 12.6. The molecule has 0 fully saturated rings. The molecule has 0 radical (unpaired) electrons. The van der Waals surface area contributed by atoms with E-state index in [4.69, 9.17) is 5.73 Å². The minimum absolute atomic E-state index is 0.0280. The van der Waals surface area contributed by atoms with Crippen LogP contribution in [0.4, 0.5) is 11.4 Å². The zero-order valence-electron chi connectivity index (χ0n) is 13.8. The number of aryl methyl sites for hydroxylation is 1.